The van der Waals surface area contributed by atoms with Gasteiger partial charge in [-0.15, -0.1) is 0 Å². The topological polar surface area (TPSA) is 35.5 Å². The summed E-state index contributed by atoms with van der Waals surface area (Å²) in [5, 5.41) is 12.4. The van der Waals surface area contributed by atoms with Gasteiger partial charge in [0.2, 0.25) is 0 Å². The Labute approximate surface area is 100 Å². The average molecular weight is 228 g/mol. The van der Waals surface area contributed by atoms with Gasteiger partial charge in [-0.25, -0.2) is 0 Å². The van der Waals surface area contributed by atoms with E-state index < -0.39 is 0 Å². The molecule has 2 atom stereocenters. The molecule has 0 spiro atoms. The molecular formula is C13H28N2O. The predicted molar refractivity (Wildman–Crippen MR) is 68.6 cm³/mol. The molecule has 1 fully saturated rings. The highest BCUT2D eigenvalue weighted by Crippen LogP contribution is 2.15. The molecule has 3 nitrogen and oxygen atoms in total. The lowest BCUT2D eigenvalue weighted by atomic mass is 9.97. The molecule has 96 valence electrons. The number of likely N-dealkylation sites (tertiary alicyclic amines) is 1. The Hall–Kier alpha value is -0.120. The van der Waals surface area contributed by atoms with Crippen LogP contribution < -0.4 is 5.32 Å². The van der Waals surface area contributed by atoms with Gasteiger partial charge in [0.15, 0.2) is 0 Å². The fourth-order valence-corrected chi connectivity index (χ4v) is 2.47. The van der Waals surface area contributed by atoms with Crippen LogP contribution in [0.3, 0.4) is 0 Å². The second-order valence-electron chi connectivity index (χ2n) is 5.08. The van der Waals surface area contributed by atoms with Crippen molar-refractivity contribution >= 4 is 0 Å². The molecule has 3 heteroatoms. The third kappa shape index (κ3) is 5.28. The highest BCUT2D eigenvalue weighted by atomic mass is 16.2. The summed E-state index contributed by atoms with van der Waals surface area (Å²) in [6.07, 6.45) is 4.72. The van der Waals surface area contributed by atoms with E-state index in [9.17, 15) is 0 Å². The van der Waals surface area contributed by atoms with Gasteiger partial charge in [0.25, 0.3) is 0 Å². The molecule has 1 aliphatic heterocycles. The van der Waals surface area contributed by atoms with Crippen molar-refractivity contribution in [2.75, 3.05) is 32.8 Å². The van der Waals surface area contributed by atoms with E-state index in [0.717, 1.165) is 25.3 Å². The third-order valence-electron chi connectivity index (χ3n) is 3.60. The van der Waals surface area contributed by atoms with Gasteiger partial charge in [-0.3, -0.25) is 0 Å². The van der Waals surface area contributed by atoms with Crippen molar-refractivity contribution in [1.29, 1.82) is 0 Å². The minimum Gasteiger partial charge on any atom is -0.396 e. The minimum absolute atomic E-state index is 0.319. The molecule has 1 heterocycles. The Morgan fingerprint density at radius 2 is 2.31 bits per heavy atom. The first-order chi connectivity index (χ1) is 7.76. The summed E-state index contributed by atoms with van der Waals surface area (Å²) in [6.45, 7) is 9.66. The molecule has 0 bridgehead atoms. The zero-order chi connectivity index (χ0) is 11.8. The van der Waals surface area contributed by atoms with Crippen LogP contribution in [0.1, 0.15) is 39.5 Å². The molecular weight excluding hydrogens is 200 g/mol. The summed E-state index contributed by atoms with van der Waals surface area (Å²) in [5.74, 6) is 0.824. The van der Waals surface area contributed by atoms with Gasteiger partial charge in [-0.1, -0.05) is 6.92 Å². The monoisotopic (exact) mass is 228 g/mol. The van der Waals surface area contributed by atoms with Crippen molar-refractivity contribution in [1.82, 2.24) is 10.2 Å². The van der Waals surface area contributed by atoms with E-state index in [1.807, 2.05) is 0 Å². The van der Waals surface area contributed by atoms with Crippen LogP contribution >= 0.6 is 0 Å². The Morgan fingerprint density at radius 1 is 1.50 bits per heavy atom. The van der Waals surface area contributed by atoms with E-state index >= 15 is 0 Å². The van der Waals surface area contributed by atoms with Gasteiger partial charge in [0, 0.05) is 19.2 Å². The van der Waals surface area contributed by atoms with Crippen molar-refractivity contribution in [3.8, 4) is 0 Å². The molecule has 1 rings (SSSR count). The summed E-state index contributed by atoms with van der Waals surface area (Å²) in [4.78, 5) is 2.55. The zero-order valence-corrected chi connectivity index (χ0v) is 10.9. The average Bonchev–Trinajstić information content (AvgIpc) is 2.34. The second kappa shape index (κ2) is 8.04. The SMILES string of the molecule is CCN1CCCC(CNC(C)CCCO)C1. The highest BCUT2D eigenvalue weighted by Gasteiger charge is 2.18. The predicted octanol–water partition coefficient (Wildman–Crippen LogP) is 1.47. The van der Waals surface area contributed by atoms with E-state index in [1.165, 1.54) is 32.5 Å². The van der Waals surface area contributed by atoms with Crippen molar-refractivity contribution in [3.63, 3.8) is 0 Å². The molecule has 2 N–H and O–H groups in total. The number of nitrogens with one attached hydrogen (secondary N) is 1. The molecule has 0 radical (unpaired) electrons. The minimum atomic E-state index is 0.319. The van der Waals surface area contributed by atoms with Crippen LogP contribution in [-0.2, 0) is 0 Å². The van der Waals surface area contributed by atoms with Gasteiger partial charge in [0.1, 0.15) is 0 Å². The molecule has 1 aliphatic rings. The lowest BCUT2D eigenvalue weighted by Gasteiger charge is -2.32. The number of nitrogens with zero attached hydrogens (tertiary/aromatic N) is 1. The van der Waals surface area contributed by atoms with Crippen LogP contribution in [-0.4, -0.2) is 48.8 Å². The lowest BCUT2D eigenvalue weighted by molar-refractivity contribution is 0.177. The van der Waals surface area contributed by atoms with Crippen LogP contribution in [0, 0.1) is 5.92 Å². The van der Waals surface area contributed by atoms with E-state index in [0.29, 0.717) is 12.6 Å². The fraction of sp³-hybridized carbons (Fsp3) is 1.00. The maximum atomic E-state index is 8.76. The van der Waals surface area contributed by atoms with Crippen molar-refractivity contribution in [2.24, 2.45) is 5.92 Å². The third-order valence-corrected chi connectivity index (χ3v) is 3.60. The highest BCUT2D eigenvalue weighted by molar-refractivity contribution is 4.75. The van der Waals surface area contributed by atoms with Gasteiger partial charge in [0.05, 0.1) is 0 Å². The summed E-state index contributed by atoms with van der Waals surface area (Å²) in [5.41, 5.74) is 0. The van der Waals surface area contributed by atoms with Crippen molar-refractivity contribution in [3.05, 3.63) is 0 Å². The quantitative estimate of drug-likeness (QED) is 0.692. The second-order valence-corrected chi connectivity index (χ2v) is 5.08. The van der Waals surface area contributed by atoms with Gasteiger partial charge < -0.3 is 15.3 Å². The maximum Gasteiger partial charge on any atom is 0.0431 e. The lowest BCUT2D eigenvalue weighted by Crippen LogP contribution is -2.41. The van der Waals surface area contributed by atoms with Crippen LogP contribution in [0.5, 0.6) is 0 Å². The van der Waals surface area contributed by atoms with E-state index in [4.69, 9.17) is 5.11 Å². The molecule has 1 saturated heterocycles. The molecule has 0 aromatic heterocycles. The van der Waals surface area contributed by atoms with Crippen LogP contribution in [0.25, 0.3) is 0 Å². The normalized spacial score (nSPS) is 24.6. The molecule has 0 amide bonds. The van der Waals surface area contributed by atoms with Gasteiger partial charge >= 0.3 is 0 Å². The molecule has 2 unspecified atom stereocenters. The van der Waals surface area contributed by atoms with Crippen molar-refractivity contribution < 1.29 is 5.11 Å². The summed E-state index contributed by atoms with van der Waals surface area (Å²) in [6, 6.07) is 0.546. The number of hydrogen-bond acceptors (Lipinski definition) is 3. The summed E-state index contributed by atoms with van der Waals surface area (Å²) >= 11 is 0. The molecule has 16 heavy (non-hydrogen) atoms. The van der Waals surface area contributed by atoms with E-state index in [2.05, 4.69) is 24.1 Å². The smallest absolute Gasteiger partial charge is 0.0431 e. The largest absolute Gasteiger partial charge is 0.396 e. The molecule has 0 aromatic carbocycles. The van der Waals surface area contributed by atoms with Gasteiger partial charge in [-0.05, 0) is 58.2 Å². The molecule has 0 aromatic rings. The Bertz CT molecular complexity index is 175. The first kappa shape index (κ1) is 13.9. The number of aliphatic hydroxyl groups is 1. The zero-order valence-electron chi connectivity index (χ0n) is 10.9. The first-order valence-electron chi connectivity index (χ1n) is 6.82. The van der Waals surface area contributed by atoms with Crippen LogP contribution in [0.15, 0.2) is 0 Å². The molecule has 0 aliphatic carbocycles. The fourth-order valence-electron chi connectivity index (χ4n) is 2.47. The summed E-state index contributed by atoms with van der Waals surface area (Å²) < 4.78 is 0. The van der Waals surface area contributed by atoms with E-state index in [-0.39, 0.29) is 0 Å². The molecule has 0 saturated carbocycles. The number of aliphatic hydroxyl groups excluding tert-OH is 1. The Morgan fingerprint density at radius 3 is 3.00 bits per heavy atom. The maximum absolute atomic E-state index is 8.76. The first-order valence-corrected chi connectivity index (χ1v) is 6.82. The van der Waals surface area contributed by atoms with Gasteiger partial charge in [-0.2, -0.15) is 0 Å². The van der Waals surface area contributed by atoms with Crippen molar-refractivity contribution in [2.45, 2.75) is 45.6 Å². The number of rotatable bonds is 7. The number of piperidine rings is 1. The number of hydrogen-bond donors (Lipinski definition) is 2. The Balaban J connectivity index is 2.11. The standard InChI is InChI=1S/C13H28N2O/c1-3-15-8-4-7-13(11-15)10-14-12(2)6-5-9-16/h12-14,16H,3-11H2,1-2H3. The van der Waals surface area contributed by atoms with E-state index in [1.54, 1.807) is 0 Å². The Kier molecular flexibility index (Phi) is 7.01. The van der Waals surface area contributed by atoms with Crippen LogP contribution in [0.4, 0.5) is 0 Å². The van der Waals surface area contributed by atoms with Crippen LogP contribution in [0.2, 0.25) is 0 Å². The summed E-state index contributed by atoms with van der Waals surface area (Å²) in [7, 11) is 0.